The van der Waals surface area contributed by atoms with Crippen molar-refractivity contribution in [3.05, 3.63) is 36.5 Å². The van der Waals surface area contributed by atoms with Crippen molar-refractivity contribution >= 4 is 5.71 Å². The van der Waals surface area contributed by atoms with E-state index in [-0.39, 0.29) is 0 Å². The number of aliphatic imine (C=N–C) groups is 1. The molecular weight excluding hydrogens is 134 g/mol. The Hall–Kier alpha value is -1.11. The Balaban J connectivity index is 4.85. The molecule has 1 nitrogen and oxygen atoms in total. The summed E-state index contributed by atoms with van der Waals surface area (Å²) in [6.07, 6.45) is 3.58. The molecule has 0 fully saturated rings. The second-order valence-electron chi connectivity index (χ2n) is 2.33. The largest absolute Gasteiger partial charge is 0.288 e. The highest BCUT2D eigenvalue weighted by Gasteiger charge is 1.97. The highest BCUT2D eigenvalue weighted by atomic mass is 14.7. The van der Waals surface area contributed by atoms with Gasteiger partial charge in [0, 0.05) is 7.05 Å². The van der Waals surface area contributed by atoms with E-state index in [1.165, 1.54) is 0 Å². The van der Waals surface area contributed by atoms with Gasteiger partial charge in [-0.05, 0) is 31.1 Å². The minimum absolute atomic E-state index is 0.933. The molecular formula is C10H15N. The summed E-state index contributed by atoms with van der Waals surface area (Å²) in [5.41, 5.74) is 3.21. The molecule has 0 rings (SSSR count). The van der Waals surface area contributed by atoms with E-state index in [1.54, 1.807) is 13.1 Å². The van der Waals surface area contributed by atoms with Gasteiger partial charge in [-0.3, -0.25) is 4.99 Å². The number of hydrogen-bond donors (Lipinski definition) is 0. The molecule has 1 heteroatoms. The second-order valence-corrected chi connectivity index (χ2v) is 2.33. The Morgan fingerprint density at radius 2 is 1.73 bits per heavy atom. The summed E-state index contributed by atoms with van der Waals surface area (Å²) in [6, 6.07) is 0. The van der Waals surface area contributed by atoms with E-state index in [4.69, 9.17) is 0 Å². The van der Waals surface area contributed by atoms with Gasteiger partial charge < -0.3 is 0 Å². The number of allylic oxidation sites excluding steroid dienone is 4. The molecule has 0 spiro atoms. The summed E-state index contributed by atoms with van der Waals surface area (Å²) in [5.74, 6) is 0. The van der Waals surface area contributed by atoms with Crippen LogP contribution in [0.2, 0.25) is 0 Å². The fourth-order valence-corrected chi connectivity index (χ4v) is 0.767. The second kappa shape index (κ2) is 4.67. The van der Waals surface area contributed by atoms with Crippen molar-refractivity contribution in [2.45, 2.75) is 13.8 Å². The lowest BCUT2D eigenvalue weighted by Crippen LogP contribution is -1.96. The van der Waals surface area contributed by atoms with Crippen LogP contribution in [0.1, 0.15) is 13.8 Å². The predicted octanol–water partition coefficient (Wildman–Crippen LogP) is 2.77. The van der Waals surface area contributed by atoms with E-state index in [0.717, 1.165) is 16.9 Å². The van der Waals surface area contributed by atoms with Crippen LogP contribution >= 0.6 is 0 Å². The molecule has 0 saturated carbocycles. The van der Waals surface area contributed by atoms with Crippen LogP contribution in [0.25, 0.3) is 0 Å². The zero-order chi connectivity index (χ0) is 8.85. The molecule has 0 aromatic heterocycles. The summed E-state index contributed by atoms with van der Waals surface area (Å²) < 4.78 is 0. The SMILES string of the molecule is C=CC(=NC)/C(C)=C(/C)C=C. The van der Waals surface area contributed by atoms with Crippen LogP contribution in [-0.2, 0) is 0 Å². The van der Waals surface area contributed by atoms with Crippen molar-refractivity contribution in [2.75, 3.05) is 7.05 Å². The van der Waals surface area contributed by atoms with Gasteiger partial charge in [0.25, 0.3) is 0 Å². The summed E-state index contributed by atoms with van der Waals surface area (Å²) in [4.78, 5) is 4.07. The van der Waals surface area contributed by atoms with Crippen molar-refractivity contribution in [1.82, 2.24) is 0 Å². The van der Waals surface area contributed by atoms with Gasteiger partial charge in [-0.25, -0.2) is 0 Å². The standard InChI is InChI=1S/C10H15N/c1-6-8(3)9(4)10(7-2)11-5/h6-7H,1-2H2,3-5H3/b9-8-,11-10?. The molecule has 0 aromatic rings. The van der Waals surface area contributed by atoms with Gasteiger partial charge in [0.2, 0.25) is 0 Å². The Bertz CT molecular complexity index is 219. The normalized spacial score (nSPS) is 13.9. The van der Waals surface area contributed by atoms with Crippen LogP contribution in [0.5, 0.6) is 0 Å². The lowest BCUT2D eigenvalue weighted by molar-refractivity contribution is 1.37. The molecule has 11 heavy (non-hydrogen) atoms. The van der Waals surface area contributed by atoms with Crippen LogP contribution in [-0.4, -0.2) is 12.8 Å². The van der Waals surface area contributed by atoms with E-state index < -0.39 is 0 Å². The lowest BCUT2D eigenvalue weighted by atomic mass is 10.1. The lowest BCUT2D eigenvalue weighted by Gasteiger charge is -2.02. The van der Waals surface area contributed by atoms with Crippen LogP contribution < -0.4 is 0 Å². The third kappa shape index (κ3) is 2.54. The first-order chi connectivity index (χ1) is 5.17. The first kappa shape index (κ1) is 9.89. The molecule has 0 saturated heterocycles. The molecule has 0 aliphatic carbocycles. The van der Waals surface area contributed by atoms with Crippen molar-refractivity contribution in [1.29, 1.82) is 0 Å². The van der Waals surface area contributed by atoms with E-state index in [2.05, 4.69) is 18.2 Å². The highest BCUT2D eigenvalue weighted by molar-refractivity contribution is 6.08. The molecule has 0 aromatic carbocycles. The molecule has 0 N–H and O–H groups in total. The maximum atomic E-state index is 4.07. The van der Waals surface area contributed by atoms with E-state index in [0.29, 0.717) is 0 Å². The third-order valence-corrected chi connectivity index (χ3v) is 1.72. The Morgan fingerprint density at radius 3 is 2.00 bits per heavy atom. The van der Waals surface area contributed by atoms with Crippen molar-refractivity contribution in [3.8, 4) is 0 Å². The van der Waals surface area contributed by atoms with Crippen LogP contribution in [0.4, 0.5) is 0 Å². The molecule has 0 heterocycles. The first-order valence-corrected chi connectivity index (χ1v) is 3.56. The maximum Gasteiger partial charge on any atom is 0.0596 e. The topological polar surface area (TPSA) is 12.4 Å². The molecule has 0 amide bonds. The van der Waals surface area contributed by atoms with Gasteiger partial charge >= 0.3 is 0 Å². The molecule has 0 unspecified atom stereocenters. The van der Waals surface area contributed by atoms with Gasteiger partial charge in [-0.1, -0.05) is 19.2 Å². The number of rotatable bonds is 3. The summed E-state index contributed by atoms with van der Waals surface area (Å²) in [5, 5.41) is 0. The quantitative estimate of drug-likeness (QED) is 0.432. The van der Waals surface area contributed by atoms with Crippen LogP contribution in [0.15, 0.2) is 41.4 Å². The minimum Gasteiger partial charge on any atom is -0.288 e. The smallest absolute Gasteiger partial charge is 0.0596 e. The Morgan fingerprint density at radius 1 is 1.18 bits per heavy atom. The van der Waals surface area contributed by atoms with Crippen molar-refractivity contribution < 1.29 is 0 Å². The molecule has 0 aliphatic heterocycles. The third-order valence-electron chi connectivity index (χ3n) is 1.72. The van der Waals surface area contributed by atoms with Gasteiger partial charge in [0.05, 0.1) is 5.71 Å². The molecule has 0 radical (unpaired) electrons. The van der Waals surface area contributed by atoms with E-state index in [9.17, 15) is 0 Å². The zero-order valence-corrected chi connectivity index (χ0v) is 7.52. The van der Waals surface area contributed by atoms with Gasteiger partial charge in [0.1, 0.15) is 0 Å². The fourth-order valence-electron chi connectivity index (χ4n) is 0.767. The molecule has 0 bridgehead atoms. The molecule has 60 valence electrons. The zero-order valence-electron chi connectivity index (χ0n) is 7.52. The highest BCUT2D eigenvalue weighted by Crippen LogP contribution is 2.06. The van der Waals surface area contributed by atoms with Crippen LogP contribution in [0, 0.1) is 0 Å². The van der Waals surface area contributed by atoms with Crippen molar-refractivity contribution in [2.24, 2.45) is 4.99 Å². The maximum absolute atomic E-state index is 4.07. The molecule has 0 atom stereocenters. The van der Waals surface area contributed by atoms with Crippen LogP contribution in [0.3, 0.4) is 0 Å². The first-order valence-electron chi connectivity index (χ1n) is 3.56. The van der Waals surface area contributed by atoms with Gasteiger partial charge in [0.15, 0.2) is 0 Å². The average Bonchev–Trinajstić information content (AvgIpc) is 2.05. The predicted molar refractivity (Wildman–Crippen MR) is 52.1 cm³/mol. The van der Waals surface area contributed by atoms with E-state index >= 15 is 0 Å². The number of hydrogen-bond acceptors (Lipinski definition) is 1. The summed E-state index contributed by atoms with van der Waals surface area (Å²) in [7, 11) is 1.76. The Kier molecular flexibility index (Phi) is 4.20. The average molecular weight is 149 g/mol. The number of nitrogens with zero attached hydrogens (tertiary/aromatic N) is 1. The summed E-state index contributed by atoms with van der Waals surface area (Å²) in [6.45, 7) is 11.4. The van der Waals surface area contributed by atoms with Gasteiger partial charge in [-0.15, -0.1) is 0 Å². The van der Waals surface area contributed by atoms with Crippen molar-refractivity contribution in [3.63, 3.8) is 0 Å². The Labute approximate surface area is 68.9 Å². The molecule has 0 aliphatic rings. The van der Waals surface area contributed by atoms with E-state index in [1.807, 2.05) is 19.9 Å². The van der Waals surface area contributed by atoms with Gasteiger partial charge in [-0.2, -0.15) is 0 Å². The minimum atomic E-state index is 0.933. The fraction of sp³-hybridized carbons (Fsp3) is 0.300. The monoisotopic (exact) mass is 149 g/mol. The summed E-state index contributed by atoms with van der Waals surface area (Å²) >= 11 is 0.